The van der Waals surface area contributed by atoms with Gasteiger partial charge in [-0.3, -0.25) is 4.79 Å². The number of benzene rings is 1. The Morgan fingerprint density at radius 1 is 1.42 bits per heavy atom. The molecule has 0 radical (unpaired) electrons. The molecule has 0 spiro atoms. The number of hydrogen-bond donors (Lipinski definition) is 1. The predicted octanol–water partition coefficient (Wildman–Crippen LogP) is 4.12. The molecule has 4 heteroatoms. The first kappa shape index (κ1) is 12.6. The van der Waals surface area contributed by atoms with Gasteiger partial charge in [-0.1, -0.05) is 36.3 Å². The highest BCUT2D eigenvalue weighted by molar-refractivity contribution is 7.22. The highest BCUT2D eigenvalue weighted by Crippen LogP contribution is 2.30. The normalized spacial score (nSPS) is 16.1. The molecule has 0 aliphatic heterocycles. The smallest absolute Gasteiger partial charge is 0.226 e. The third-order valence-corrected chi connectivity index (χ3v) is 4.75. The number of hydrogen-bond acceptors (Lipinski definition) is 3. The van der Waals surface area contributed by atoms with E-state index in [-0.39, 0.29) is 5.91 Å². The van der Waals surface area contributed by atoms with Gasteiger partial charge < -0.3 is 5.32 Å². The highest BCUT2D eigenvalue weighted by atomic mass is 32.1. The SMILES string of the molecule is Cc1cccc2sc(NC(=O)CC3CCCC3)nc12. The number of nitrogens with one attached hydrogen (secondary N) is 1. The summed E-state index contributed by atoms with van der Waals surface area (Å²) in [5, 5.41) is 3.68. The zero-order valence-electron chi connectivity index (χ0n) is 11.1. The average Bonchev–Trinajstić information content (AvgIpc) is 2.98. The molecule has 0 unspecified atom stereocenters. The molecule has 0 saturated heterocycles. The number of nitrogens with zero attached hydrogens (tertiary/aromatic N) is 1. The number of aromatic nitrogens is 1. The van der Waals surface area contributed by atoms with Crippen molar-refractivity contribution in [3.8, 4) is 0 Å². The molecular weight excluding hydrogens is 256 g/mol. The molecule has 1 aromatic heterocycles. The summed E-state index contributed by atoms with van der Waals surface area (Å²) in [6, 6.07) is 6.12. The van der Waals surface area contributed by atoms with E-state index in [9.17, 15) is 4.79 Å². The van der Waals surface area contributed by atoms with Crippen molar-refractivity contribution in [1.29, 1.82) is 0 Å². The summed E-state index contributed by atoms with van der Waals surface area (Å²) in [6.07, 6.45) is 5.60. The van der Waals surface area contributed by atoms with Crippen molar-refractivity contribution in [2.45, 2.75) is 39.0 Å². The van der Waals surface area contributed by atoms with Crippen molar-refractivity contribution in [1.82, 2.24) is 4.98 Å². The Hall–Kier alpha value is -1.42. The van der Waals surface area contributed by atoms with Crippen LogP contribution in [0.15, 0.2) is 18.2 Å². The number of carbonyl (C=O) groups excluding carboxylic acids is 1. The summed E-state index contributed by atoms with van der Waals surface area (Å²) in [4.78, 5) is 16.5. The largest absolute Gasteiger partial charge is 0.302 e. The van der Waals surface area contributed by atoms with Gasteiger partial charge in [0.1, 0.15) is 0 Å². The van der Waals surface area contributed by atoms with Gasteiger partial charge in [0.15, 0.2) is 5.13 Å². The number of para-hydroxylation sites is 1. The minimum absolute atomic E-state index is 0.114. The maximum absolute atomic E-state index is 12.0. The molecule has 1 fully saturated rings. The molecule has 0 atom stereocenters. The van der Waals surface area contributed by atoms with Crippen molar-refractivity contribution < 1.29 is 4.79 Å². The molecule has 3 rings (SSSR count). The lowest BCUT2D eigenvalue weighted by Crippen LogP contribution is -2.14. The van der Waals surface area contributed by atoms with Crippen LogP contribution in [0.2, 0.25) is 0 Å². The summed E-state index contributed by atoms with van der Waals surface area (Å²) in [7, 11) is 0. The van der Waals surface area contributed by atoms with Crippen LogP contribution in [0.25, 0.3) is 10.2 Å². The van der Waals surface area contributed by atoms with E-state index >= 15 is 0 Å². The Morgan fingerprint density at radius 2 is 2.21 bits per heavy atom. The molecule has 0 bridgehead atoms. The van der Waals surface area contributed by atoms with E-state index < -0.39 is 0 Å². The maximum atomic E-state index is 12.0. The number of carbonyl (C=O) groups is 1. The number of rotatable bonds is 3. The minimum Gasteiger partial charge on any atom is -0.302 e. The van der Waals surface area contributed by atoms with E-state index in [1.807, 2.05) is 25.1 Å². The monoisotopic (exact) mass is 274 g/mol. The Kier molecular flexibility index (Phi) is 3.51. The number of anilines is 1. The van der Waals surface area contributed by atoms with Crippen molar-refractivity contribution in [2.75, 3.05) is 5.32 Å². The second-order valence-electron chi connectivity index (χ2n) is 5.34. The van der Waals surface area contributed by atoms with Gasteiger partial charge in [-0.2, -0.15) is 0 Å². The molecule has 1 aliphatic carbocycles. The first-order valence-corrected chi connectivity index (χ1v) is 7.70. The second-order valence-corrected chi connectivity index (χ2v) is 6.37. The molecule has 3 nitrogen and oxygen atoms in total. The van der Waals surface area contributed by atoms with E-state index in [4.69, 9.17) is 0 Å². The first-order valence-electron chi connectivity index (χ1n) is 6.88. The van der Waals surface area contributed by atoms with Crippen LogP contribution in [0.4, 0.5) is 5.13 Å². The quantitative estimate of drug-likeness (QED) is 0.914. The zero-order chi connectivity index (χ0) is 13.2. The van der Waals surface area contributed by atoms with Crippen LogP contribution in [0.1, 0.15) is 37.7 Å². The standard InChI is InChI=1S/C15H18N2OS/c1-10-5-4-8-12-14(10)17-15(19-12)16-13(18)9-11-6-2-3-7-11/h4-5,8,11H,2-3,6-7,9H2,1H3,(H,16,17,18). The van der Waals surface area contributed by atoms with Crippen molar-refractivity contribution in [2.24, 2.45) is 5.92 Å². The Morgan fingerprint density at radius 3 is 2.95 bits per heavy atom. The maximum Gasteiger partial charge on any atom is 0.226 e. The predicted molar refractivity (Wildman–Crippen MR) is 79.6 cm³/mol. The number of fused-ring (bicyclic) bond motifs is 1. The van der Waals surface area contributed by atoms with Gasteiger partial charge in [-0.05, 0) is 37.3 Å². The molecule has 2 aromatic rings. The van der Waals surface area contributed by atoms with Gasteiger partial charge in [-0.15, -0.1) is 0 Å². The highest BCUT2D eigenvalue weighted by Gasteiger charge is 2.19. The molecule has 1 heterocycles. The third kappa shape index (κ3) is 2.78. The Bertz CT molecular complexity index is 599. The van der Waals surface area contributed by atoms with Gasteiger partial charge in [-0.25, -0.2) is 4.98 Å². The topological polar surface area (TPSA) is 42.0 Å². The molecule has 100 valence electrons. The molecule has 1 aliphatic rings. The molecule has 1 aromatic carbocycles. The van der Waals surface area contributed by atoms with Crippen LogP contribution in [-0.2, 0) is 4.79 Å². The molecule has 1 N–H and O–H groups in total. The van der Waals surface area contributed by atoms with Gasteiger partial charge in [0.2, 0.25) is 5.91 Å². The van der Waals surface area contributed by atoms with Crippen LogP contribution < -0.4 is 5.32 Å². The lowest BCUT2D eigenvalue weighted by molar-refractivity contribution is -0.117. The van der Waals surface area contributed by atoms with E-state index in [0.717, 1.165) is 20.9 Å². The summed E-state index contributed by atoms with van der Waals surface area (Å²) in [6.45, 7) is 2.05. The van der Waals surface area contributed by atoms with Crippen LogP contribution in [0.3, 0.4) is 0 Å². The summed E-state index contributed by atoms with van der Waals surface area (Å²) in [5.41, 5.74) is 2.16. The third-order valence-electron chi connectivity index (χ3n) is 3.82. The lowest BCUT2D eigenvalue weighted by atomic mass is 10.0. The van der Waals surface area contributed by atoms with Crippen molar-refractivity contribution in [3.05, 3.63) is 23.8 Å². The fraction of sp³-hybridized carbons (Fsp3) is 0.467. The van der Waals surface area contributed by atoms with E-state index in [2.05, 4.69) is 10.3 Å². The average molecular weight is 274 g/mol. The van der Waals surface area contributed by atoms with Gasteiger partial charge in [0, 0.05) is 6.42 Å². The summed E-state index contributed by atoms with van der Waals surface area (Å²) in [5.74, 6) is 0.694. The molecule has 1 amide bonds. The van der Waals surface area contributed by atoms with Gasteiger partial charge in [0.05, 0.1) is 10.2 Å². The zero-order valence-corrected chi connectivity index (χ0v) is 11.9. The van der Waals surface area contributed by atoms with Crippen LogP contribution >= 0.6 is 11.3 Å². The number of thiazole rings is 1. The molecule has 1 saturated carbocycles. The Balaban J connectivity index is 1.70. The van der Waals surface area contributed by atoms with E-state index in [1.54, 1.807) is 11.3 Å². The second kappa shape index (κ2) is 5.29. The van der Waals surface area contributed by atoms with E-state index in [1.165, 1.54) is 25.7 Å². The fourth-order valence-corrected chi connectivity index (χ4v) is 3.75. The van der Waals surface area contributed by atoms with Crippen molar-refractivity contribution in [3.63, 3.8) is 0 Å². The van der Waals surface area contributed by atoms with Crippen molar-refractivity contribution >= 4 is 32.6 Å². The summed E-state index contributed by atoms with van der Waals surface area (Å²) < 4.78 is 1.14. The minimum atomic E-state index is 0.114. The molecule has 19 heavy (non-hydrogen) atoms. The Labute approximate surface area is 117 Å². The lowest BCUT2D eigenvalue weighted by Gasteiger charge is -2.07. The first-order chi connectivity index (χ1) is 9.22. The van der Waals surface area contributed by atoms with Crippen LogP contribution in [0, 0.1) is 12.8 Å². The van der Waals surface area contributed by atoms with Crippen LogP contribution in [0.5, 0.6) is 0 Å². The molecular formula is C15H18N2OS. The fourth-order valence-electron chi connectivity index (χ4n) is 2.79. The van der Waals surface area contributed by atoms with Crippen LogP contribution in [-0.4, -0.2) is 10.9 Å². The summed E-state index contributed by atoms with van der Waals surface area (Å²) >= 11 is 1.55. The van der Waals surface area contributed by atoms with Gasteiger partial charge >= 0.3 is 0 Å². The van der Waals surface area contributed by atoms with E-state index in [0.29, 0.717) is 12.3 Å². The number of aryl methyl sites for hydroxylation is 1. The number of amides is 1. The van der Waals surface area contributed by atoms with Gasteiger partial charge in [0.25, 0.3) is 0 Å².